The van der Waals surface area contributed by atoms with E-state index in [0.29, 0.717) is 0 Å². The lowest BCUT2D eigenvalue weighted by atomic mass is 10.1. The van der Waals surface area contributed by atoms with E-state index in [4.69, 9.17) is 4.42 Å². The average Bonchev–Trinajstić information content (AvgIpc) is 2.87. The Labute approximate surface area is 122 Å². The van der Waals surface area contributed by atoms with Crippen molar-refractivity contribution >= 4 is 15.9 Å². The van der Waals surface area contributed by atoms with E-state index in [-0.39, 0.29) is 0 Å². The maximum atomic E-state index is 5.79. The van der Waals surface area contributed by atoms with Crippen LogP contribution in [0.4, 0.5) is 0 Å². The minimum absolute atomic E-state index is 0.813. The van der Waals surface area contributed by atoms with Gasteiger partial charge in [0, 0.05) is 16.5 Å². The van der Waals surface area contributed by atoms with Crippen molar-refractivity contribution in [2.75, 3.05) is 13.1 Å². The van der Waals surface area contributed by atoms with E-state index in [1.807, 2.05) is 18.3 Å². The smallest absolute Gasteiger partial charge is 0.194 e. The lowest BCUT2D eigenvalue weighted by Crippen LogP contribution is -2.14. The molecule has 0 aliphatic heterocycles. The standard InChI is InChI=1S/C15H19BrN2O/c1-3-17-8-4-5-15-18-10-14(19-15)12-6-7-13(16)11(2)9-12/h6-7,9-10,17H,3-5,8H2,1-2H3. The number of oxazole rings is 1. The Morgan fingerprint density at radius 2 is 2.21 bits per heavy atom. The second-order valence-electron chi connectivity index (χ2n) is 4.54. The Hall–Kier alpha value is -1.13. The Bertz CT molecular complexity index is 537. The number of benzene rings is 1. The number of hydrogen-bond acceptors (Lipinski definition) is 3. The van der Waals surface area contributed by atoms with Crippen molar-refractivity contribution < 1.29 is 4.42 Å². The minimum Gasteiger partial charge on any atom is -0.441 e. The van der Waals surface area contributed by atoms with Gasteiger partial charge in [-0.1, -0.05) is 28.9 Å². The van der Waals surface area contributed by atoms with Crippen molar-refractivity contribution in [1.29, 1.82) is 0 Å². The summed E-state index contributed by atoms with van der Waals surface area (Å²) in [6, 6.07) is 6.19. The van der Waals surface area contributed by atoms with Crippen LogP contribution in [-0.4, -0.2) is 18.1 Å². The lowest BCUT2D eigenvalue weighted by molar-refractivity contribution is 0.493. The summed E-state index contributed by atoms with van der Waals surface area (Å²) in [4.78, 5) is 4.34. The van der Waals surface area contributed by atoms with Gasteiger partial charge in [-0.2, -0.15) is 0 Å². The molecule has 0 saturated heterocycles. The van der Waals surface area contributed by atoms with Crippen molar-refractivity contribution in [3.63, 3.8) is 0 Å². The maximum absolute atomic E-state index is 5.79. The maximum Gasteiger partial charge on any atom is 0.194 e. The van der Waals surface area contributed by atoms with E-state index < -0.39 is 0 Å². The first-order valence-electron chi connectivity index (χ1n) is 6.62. The van der Waals surface area contributed by atoms with E-state index in [1.54, 1.807) is 0 Å². The van der Waals surface area contributed by atoms with Crippen LogP contribution in [0.2, 0.25) is 0 Å². The van der Waals surface area contributed by atoms with Gasteiger partial charge in [0.2, 0.25) is 0 Å². The Balaban J connectivity index is 2.01. The van der Waals surface area contributed by atoms with Gasteiger partial charge in [0.15, 0.2) is 11.7 Å². The third-order valence-corrected chi connectivity index (χ3v) is 3.88. The van der Waals surface area contributed by atoms with E-state index in [1.165, 1.54) is 5.56 Å². The van der Waals surface area contributed by atoms with Crippen LogP contribution in [0.15, 0.2) is 33.3 Å². The first-order chi connectivity index (χ1) is 9.20. The molecule has 3 nitrogen and oxygen atoms in total. The molecule has 0 spiro atoms. The van der Waals surface area contributed by atoms with Gasteiger partial charge >= 0.3 is 0 Å². The van der Waals surface area contributed by atoms with Crippen LogP contribution in [0, 0.1) is 6.92 Å². The summed E-state index contributed by atoms with van der Waals surface area (Å²) in [5.41, 5.74) is 2.27. The van der Waals surface area contributed by atoms with Crippen LogP contribution < -0.4 is 5.32 Å². The first kappa shape index (κ1) is 14.3. The molecule has 1 aromatic carbocycles. The molecule has 102 valence electrons. The van der Waals surface area contributed by atoms with Gasteiger partial charge in [0.25, 0.3) is 0 Å². The summed E-state index contributed by atoms with van der Waals surface area (Å²) in [5.74, 6) is 1.66. The number of hydrogen-bond donors (Lipinski definition) is 1. The van der Waals surface area contributed by atoms with Gasteiger partial charge in [0.1, 0.15) is 0 Å². The molecule has 2 aromatic rings. The zero-order valence-corrected chi connectivity index (χ0v) is 13.0. The number of aromatic nitrogens is 1. The molecule has 1 aromatic heterocycles. The van der Waals surface area contributed by atoms with Crippen LogP contribution >= 0.6 is 15.9 Å². The van der Waals surface area contributed by atoms with Gasteiger partial charge in [-0.05, 0) is 44.1 Å². The van der Waals surface area contributed by atoms with Crippen molar-refractivity contribution in [1.82, 2.24) is 10.3 Å². The molecule has 0 amide bonds. The average molecular weight is 323 g/mol. The van der Waals surface area contributed by atoms with Gasteiger partial charge in [-0.15, -0.1) is 0 Å². The molecule has 1 N–H and O–H groups in total. The van der Waals surface area contributed by atoms with Crippen LogP contribution in [0.5, 0.6) is 0 Å². The Morgan fingerprint density at radius 3 is 2.95 bits per heavy atom. The SMILES string of the molecule is CCNCCCc1ncc(-c2ccc(Br)c(C)c2)o1. The number of nitrogens with zero attached hydrogens (tertiary/aromatic N) is 1. The summed E-state index contributed by atoms with van der Waals surface area (Å²) in [7, 11) is 0. The second-order valence-corrected chi connectivity index (χ2v) is 5.39. The summed E-state index contributed by atoms with van der Waals surface area (Å²) >= 11 is 3.50. The largest absolute Gasteiger partial charge is 0.441 e. The highest BCUT2D eigenvalue weighted by atomic mass is 79.9. The first-order valence-corrected chi connectivity index (χ1v) is 7.42. The third kappa shape index (κ3) is 3.91. The molecule has 0 saturated carbocycles. The van der Waals surface area contributed by atoms with E-state index in [0.717, 1.165) is 47.6 Å². The highest BCUT2D eigenvalue weighted by molar-refractivity contribution is 9.10. The number of halogens is 1. The molecule has 0 radical (unpaired) electrons. The minimum atomic E-state index is 0.813. The monoisotopic (exact) mass is 322 g/mol. The van der Waals surface area contributed by atoms with Gasteiger partial charge in [-0.3, -0.25) is 0 Å². The van der Waals surface area contributed by atoms with Crippen molar-refractivity contribution in [3.8, 4) is 11.3 Å². The highest BCUT2D eigenvalue weighted by Crippen LogP contribution is 2.25. The number of aryl methyl sites for hydroxylation is 2. The van der Waals surface area contributed by atoms with Crippen molar-refractivity contribution in [3.05, 3.63) is 40.3 Å². The molecule has 1 heterocycles. The van der Waals surface area contributed by atoms with E-state index >= 15 is 0 Å². The lowest BCUT2D eigenvalue weighted by Gasteiger charge is -2.01. The van der Waals surface area contributed by atoms with Gasteiger partial charge in [0.05, 0.1) is 6.20 Å². The second kappa shape index (κ2) is 6.87. The predicted molar refractivity (Wildman–Crippen MR) is 81.2 cm³/mol. The van der Waals surface area contributed by atoms with E-state index in [9.17, 15) is 0 Å². The highest BCUT2D eigenvalue weighted by Gasteiger charge is 2.07. The molecular formula is C15H19BrN2O. The van der Waals surface area contributed by atoms with Gasteiger partial charge < -0.3 is 9.73 Å². The van der Waals surface area contributed by atoms with Crippen LogP contribution in [0.3, 0.4) is 0 Å². The Morgan fingerprint density at radius 1 is 1.37 bits per heavy atom. The summed E-state index contributed by atoms with van der Waals surface area (Å²) in [6.45, 7) is 6.20. The summed E-state index contributed by atoms with van der Waals surface area (Å²) in [6.07, 6.45) is 3.74. The zero-order chi connectivity index (χ0) is 13.7. The van der Waals surface area contributed by atoms with Crippen molar-refractivity contribution in [2.45, 2.75) is 26.7 Å². The topological polar surface area (TPSA) is 38.1 Å². The molecule has 0 unspecified atom stereocenters. The molecule has 0 fully saturated rings. The van der Waals surface area contributed by atoms with Crippen LogP contribution in [0.1, 0.15) is 24.8 Å². The molecule has 0 aliphatic carbocycles. The molecule has 0 atom stereocenters. The normalized spacial score (nSPS) is 10.9. The fourth-order valence-corrected chi connectivity index (χ4v) is 2.15. The predicted octanol–water partition coefficient (Wildman–Crippen LogP) is 3.95. The molecule has 0 aliphatic rings. The fourth-order valence-electron chi connectivity index (χ4n) is 1.90. The number of rotatable bonds is 6. The summed E-state index contributed by atoms with van der Waals surface area (Å²) < 4.78 is 6.90. The molecule has 0 bridgehead atoms. The molecule has 19 heavy (non-hydrogen) atoms. The quantitative estimate of drug-likeness (QED) is 0.818. The fraction of sp³-hybridized carbons (Fsp3) is 0.400. The summed E-state index contributed by atoms with van der Waals surface area (Å²) in [5, 5.41) is 3.30. The van der Waals surface area contributed by atoms with Gasteiger partial charge in [-0.25, -0.2) is 4.98 Å². The molecule has 4 heteroatoms. The van der Waals surface area contributed by atoms with E-state index in [2.05, 4.69) is 46.1 Å². The van der Waals surface area contributed by atoms with Crippen molar-refractivity contribution in [2.24, 2.45) is 0 Å². The van der Waals surface area contributed by atoms with Crippen LogP contribution in [0.25, 0.3) is 11.3 Å². The Kier molecular flexibility index (Phi) is 5.16. The zero-order valence-electron chi connectivity index (χ0n) is 11.4. The third-order valence-electron chi connectivity index (χ3n) is 2.99. The molecular weight excluding hydrogens is 304 g/mol. The number of nitrogens with one attached hydrogen (secondary N) is 1. The van der Waals surface area contributed by atoms with Crippen LogP contribution in [-0.2, 0) is 6.42 Å². The molecule has 2 rings (SSSR count).